The van der Waals surface area contributed by atoms with Gasteiger partial charge in [-0.25, -0.2) is 0 Å². The van der Waals surface area contributed by atoms with E-state index in [0.29, 0.717) is 25.9 Å². The number of carbonyl (C=O) groups excluding carboxylic acids is 2. The molecular formula is C69H133NO5. The maximum absolute atomic E-state index is 12.5. The van der Waals surface area contributed by atoms with Gasteiger partial charge in [0, 0.05) is 12.8 Å². The van der Waals surface area contributed by atoms with Crippen LogP contribution in [0.2, 0.25) is 0 Å². The van der Waals surface area contributed by atoms with Crippen LogP contribution in [-0.2, 0) is 14.3 Å². The molecule has 0 aliphatic heterocycles. The Hall–Kier alpha value is -1.66. The van der Waals surface area contributed by atoms with Crippen LogP contribution >= 0.6 is 0 Å². The predicted octanol–water partition coefficient (Wildman–Crippen LogP) is 21.8. The molecule has 0 heterocycles. The zero-order valence-electron chi connectivity index (χ0n) is 50.8. The van der Waals surface area contributed by atoms with Crippen molar-refractivity contribution in [3.05, 3.63) is 24.3 Å². The van der Waals surface area contributed by atoms with Gasteiger partial charge in [-0.2, -0.15) is 0 Å². The molecule has 6 heteroatoms. The molecule has 444 valence electrons. The second-order valence-electron chi connectivity index (χ2n) is 23.5. The predicted molar refractivity (Wildman–Crippen MR) is 329 cm³/mol. The third-order valence-corrected chi connectivity index (χ3v) is 16.0. The number of allylic oxidation sites excluding steroid dienone is 4. The molecule has 0 spiro atoms. The zero-order chi connectivity index (χ0) is 54.3. The van der Waals surface area contributed by atoms with Gasteiger partial charge in [-0.3, -0.25) is 9.59 Å². The summed E-state index contributed by atoms with van der Waals surface area (Å²) in [6.45, 7) is 4.97. The van der Waals surface area contributed by atoms with E-state index in [2.05, 4.69) is 43.5 Å². The van der Waals surface area contributed by atoms with Gasteiger partial charge in [0.05, 0.1) is 25.4 Å². The minimum absolute atomic E-state index is 0.0137. The summed E-state index contributed by atoms with van der Waals surface area (Å²) in [6, 6.07) is -0.539. The van der Waals surface area contributed by atoms with Gasteiger partial charge in [0.25, 0.3) is 0 Å². The first-order valence-corrected chi connectivity index (χ1v) is 34.1. The number of hydrogen-bond acceptors (Lipinski definition) is 5. The van der Waals surface area contributed by atoms with Gasteiger partial charge in [-0.05, 0) is 77.0 Å². The van der Waals surface area contributed by atoms with Crippen LogP contribution in [0.15, 0.2) is 24.3 Å². The molecule has 0 aromatic rings. The van der Waals surface area contributed by atoms with Gasteiger partial charge in [-0.1, -0.05) is 314 Å². The van der Waals surface area contributed by atoms with Crippen molar-refractivity contribution in [1.29, 1.82) is 0 Å². The molecule has 75 heavy (non-hydrogen) atoms. The molecular weight excluding hydrogens is 923 g/mol. The van der Waals surface area contributed by atoms with E-state index in [4.69, 9.17) is 4.74 Å². The molecule has 0 aliphatic rings. The van der Waals surface area contributed by atoms with Crippen LogP contribution in [0.4, 0.5) is 0 Å². The van der Waals surface area contributed by atoms with Crippen LogP contribution in [0, 0.1) is 0 Å². The highest BCUT2D eigenvalue weighted by Crippen LogP contribution is 2.18. The summed E-state index contributed by atoms with van der Waals surface area (Å²) < 4.78 is 5.50. The SMILES string of the molecule is CCCCCCCC/C=C\CCCCCCCCCC(=O)OCCCCCCCCCCCCCC/C=C\CCCCCCCCCCCCCCCC(=O)NC(CO)C(O)CCCCCCCCCCCCCC. The number of hydrogen-bond donors (Lipinski definition) is 3. The highest BCUT2D eigenvalue weighted by molar-refractivity contribution is 5.76. The lowest BCUT2D eigenvalue weighted by molar-refractivity contribution is -0.143. The first-order valence-electron chi connectivity index (χ1n) is 34.1. The van der Waals surface area contributed by atoms with E-state index in [9.17, 15) is 19.8 Å². The van der Waals surface area contributed by atoms with E-state index < -0.39 is 12.1 Å². The van der Waals surface area contributed by atoms with Crippen LogP contribution in [0.25, 0.3) is 0 Å². The van der Waals surface area contributed by atoms with Crippen LogP contribution in [0.1, 0.15) is 380 Å². The molecule has 2 atom stereocenters. The summed E-state index contributed by atoms with van der Waals surface area (Å²) >= 11 is 0. The summed E-state index contributed by atoms with van der Waals surface area (Å²) in [5.74, 6) is -0.0193. The Balaban J connectivity index is 3.34. The molecule has 3 N–H and O–H groups in total. The molecule has 0 saturated carbocycles. The van der Waals surface area contributed by atoms with Crippen LogP contribution in [0.5, 0.6) is 0 Å². The van der Waals surface area contributed by atoms with Crippen LogP contribution in [0.3, 0.4) is 0 Å². The number of aliphatic hydroxyl groups is 2. The van der Waals surface area contributed by atoms with Crippen molar-refractivity contribution in [3.8, 4) is 0 Å². The topological polar surface area (TPSA) is 95.9 Å². The van der Waals surface area contributed by atoms with Gasteiger partial charge >= 0.3 is 5.97 Å². The maximum Gasteiger partial charge on any atom is 0.305 e. The van der Waals surface area contributed by atoms with E-state index in [-0.39, 0.29) is 18.5 Å². The highest BCUT2D eigenvalue weighted by atomic mass is 16.5. The zero-order valence-corrected chi connectivity index (χ0v) is 50.8. The third-order valence-electron chi connectivity index (χ3n) is 16.0. The van der Waals surface area contributed by atoms with E-state index in [0.717, 1.165) is 44.9 Å². The number of esters is 1. The lowest BCUT2D eigenvalue weighted by atomic mass is 10.0. The van der Waals surface area contributed by atoms with Gasteiger partial charge in [0.1, 0.15) is 0 Å². The third kappa shape index (κ3) is 61.4. The summed E-state index contributed by atoms with van der Waals surface area (Å²) in [4.78, 5) is 24.6. The number of nitrogens with one attached hydrogen (secondary N) is 1. The molecule has 6 nitrogen and oxygen atoms in total. The number of unbranched alkanes of at least 4 members (excludes halogenated alkanes) is 49. The van der Waals surface area contributed by atoms with Gasteiger partial charge in [0.15, 0.2) is 0 Å². The quantitative estimate of drug-likeness (QED) is 0.0320. The summed E-state index contributed by atoms with van der Waals surface area (Å²) in [5.41, 5.74) is 0. The number of carbonyl (C=O) groups is 2. The van der Waals surface area contributed by atoms with Gasteiger partial charge < -0.3 is 20.3 Å². The molecule has 0 fully saturated rings. The number of rotatable bonds is 64. The number of ether oxygens (including phenoxy) is 1. The van der Waals surface area contributed by atoms with Crippen molar-refractivity contribution in [1.82, 2.24) is 5.32 Å². The highest BCUT2D eigenvalue weighted by Gasteiger charge is 2.20. The van der Waals surface area contributed by atoms with E-state index in [1.807, 2.05) is 0 Å². The van der Waals surface area contributed by atoms with E-state index >= 15 is 0 Å². The maximum atomic E-state index is 12.5. The fourth-order valence-corrected chi connectivity index (χ4v) is 10.7. The van der Waals surface area contributed by atoms with Crippen molar-refractivity contribution < 1.29 is 24.5 Å². The molecule has 1 amide bonds. The minimum atomic E-state index is -0.662. The van der Waals surface area contributed by atoms with Crippen molar-refractivity contribution in [2.75, 3.05) is 13.2 Å². The average molecular weight is 1060 g/mol. The average Bonchev–Trinajstić information content (AvgIpc) is 3.41. The summed E-state index contributed by atoms with van der Waals surface area (Å²) in [7, 11) is 0. The molecule has 0 aromatic carbocycles. The lowest BCUT2D eigenvalue weighted by Gasteiger charge is -2.22. The molecule has 2 unspecified atom stereocenters. The number of amides is 1. The normalized spacial score (nSPS) is 12.6. The lowest BCUT2D eigenvalue weighted by Crippen LogP contribution is -2.45. The van der Waals surface area contributed by atoms with Crippen molar-refractivity contribution in [3.63, 3.8) is 0 Å². The largest absolute Gasteiger partial charge is 0.466 e. The Morgan fingerprint density at radius 2 is 0.627 bits per heavy atom. The molecule has 0 bridgehead atoms. The second kappa shape index (κ2) is 64.9. The molecule has 0 rings (SSSR count). The first-order chi connectivity index (χ1) is 37.0. The van der Waals surface area contributed by atoms with Gasteiger partial charge in [0.2, 0.25) is 5.91 Å². The molecule has 0 aromatic heterocycles. The molecule has 0 saturated heterocycles. The fraction of sp³-hybridized carbons (Fsp3) is 0.913. The van der Waals surface area contributed by atoms with Crippen molar-refractivity contribution in [2.45, 2.75) is 392 Å². The molecule has 0 radical (unpaired) electrons. The molecule has 0 aliphatic carbocycles. The summed E-state index contributed by atoms with van der Waals surface area (Å²) in [6.07, 6.45) is 80.8. The Labute approximate surface area is 469 Å². The summed E-state index contributed by atoms with van der Waals surface area (Å²) in [5, 5.41) is 23.2. The van der Waals surface area contributed by atoms with Crippen LogP contribution < -0.4 is 5.32 Å². The second-order valence-corrected chi connectivity index (χ2v) is 23.5. The monoisotopic (exact) mass is 1060 g/mol. The standard InChI is InChI=1S/C69H133NO5/c1-3-5-7-9-11-13-15-17-18-32-36-39-43-47-51-55-59-63-69(74)75-64-60-56-52-48-44-40-37-34-31-29-27-25-23-21-19-20-22-24-26-28-30-33-35-38-42-46-50-54-58-62-68(73)70-66(65-71)67(72)61-57-53-49-45-41-16-14-12-10-8-6-4-2/h17-19,21,66-67,71-72H,3-16,20,22-65H2,1-2H3,(H,70,73)/b18-17-,21-19-. The Kier molecular flexibility index (Phi) is 63.4. The number of aliphatic hydroxyl groups excluding tert-OH is 2. The smallest absolute Gasteiger partial charge is 0.305 e. The first kappa shape index (κ1) is 73.3. The van der Waals surface area contributed by atoms with E-state index in [1.165, 1.54) is 302 Å². The van der Waals surface area contributed by atoms with E-state index in [1.54, 1.807) is 0 Å². The van der Waals surface area contributed by atoms with Crippen LogP contribution in [-0.4, -0.2) is 47.4 Å². The Bertz CT molecular complexity index is 1170. The van der Waals surface area contributed by atoms with Gasteiger partial charge in [-0.15, -0.1) is 0 Å². The van der Waals surface area contributed by atoms with Crippen molar-refractivity contribution >= 4 is 11.9 Å². The Morgan fingerprint density at radius 1 is 0.360 bits per heavy atom. The Morgan fingerprint density at radius 3 is 0.947 bits per heavy atom. The fourth-order valence-electron chi connectivity index (χ4n) is 10.7. The van der Waals surface area contributed by atoms with Crippen molar-refractivity contribution in [2.24, 2.45) is 0 Å². The minimum Gasteiger partial charge on any atom is -0.466 e.